The summed E-state index contributed by atoms with van der Waals surface area (Å²) in [6.07, 6.45) is 5.44. The normalized spacial score (nSPS) is 14.9. The highest BCUT2D eigenvalue weighted by atomic mass is 32.2. The summed E-state index contributed by atoms with van der Waals surface area (Å²) in [5.74, 6) is 1.92. The monoisotopic (exact) mass is 237 g/mol. The summed E-state index contributed by atoms with van der Waals surface area (Å²) in [5.41, 5.74) is 3.93. The Hall–Kier alpha value is -0.610. The molecule has 0 aromatic carbocycles. The lowest BCUT2D eigenvalue weighted by Gasteiger charge is -2.19. The highest BCUT2D eigenvalue weighted by Crippen LogP contribution is 2.18. The standard InChI is InChI=1S/C12H19N3S/c1-3-4-10-9-5-6-13-7-11(9)15-12(14-10)8-16-2/h13H,3-8H2,1-2H3. The second-order valence-electron chi connectivity index (χ2n) is 4.12. The maximum atomic E-state index is 4.71. The summed E-state index contributed by atoms with van der Waals surface area (Å²) in [6, 6.07) is 0. The molecule has 0 atom stereocenters. The molecule has 0 fully saturated rings. The maximum Gasteiger partial charge on any atom is 0.138 e. The number of fused-ring (bicyclic) bond motifs is 1. The number of nitrogens with one attached hydrogen (secondary N) is 1. The summed E-state index contributed by atoms with van der Waals surface area (Å²) >= 11 is 1.79. The van der Waals surface area contributed by atoms with Gasteiger partial charge in [0.2, 0.25) is 0 Å². The number of aryl methyl sites for hydroxylation is 1. The fourth-order valence-electron chi connectivity index (χ4n) is 2.13. The number of rotatable bonds is 4. The van der Waals surface area contributed by atoms with E-state index in [4.69, 9.17) is 4.98 Å². The van der Waals surface area contributed by atoms with Gasteiger partial charge in [0.25, 0.3) is 0 Å². The van der Waals surface area contributed by atoms with E-state index in [1.807, 2.05) is 0 Å². The average molecular weight is 237 g/mol. The Balaban J connectivity index is 2.35. The molecule has 0 bridgehead atoms. The predicted molar refractivity (Wildman–Crippen MR) is 68.7 cm³/mol. The van der Waals surface area contributed by atoms with Gasteiger partial charge in [-0.15, -0.1) is 0 Å². The van der Waals surface area contributed by atoms with Crippen LogP contribution in [0.5, 0.6) is 0 Å². The lowest BCUT2D eigenvalue weighted by atomic mass is 10.0. The minimum absolute atomic E-state index is 0.913. The Morgan fingerprint density at radius 2 is 2.25 bits per heavy atom. The Labute approximate surface area is 101 Å². The Morgan fingerprint density at radius 3 is 3.00 bits per heavy atom. The van der Waals surface area contributed by atoms with Crippen molar-refractivity contribution >= 4 is 11.8 Å². The van der Waals surface area contributed by atoms with Crippen molar-refractivity contribution in [2.45, 2.75) is 38.5 Å². The van der Waals surface area contributed by atoms with Crippen LogP contribution in [0.4, 0.5) is 0 Å². The van der Waals surface area contributed by atoms with Gasteiger partial charge in [-0.05, 0) is 31.2 Å². The Bertz CT molecular complexity index is 366. The van der Waals surface area contributed by atoms with Crippen LogP contribution < -0.4 is 5.32 Å². The highest BCUT2D eigenvalue weighted by molar-refractivity contribution is 7.97. The summed E-state index contributed by atoms with van der Waals surface area (Å²) in [7, 11) is 0. The molecule has 1 aromatic heterocycles. The lowest BCUT2D eigenvalue weighted by Crippen LogP contribution is -2.27. The number of thioether (sulfide) groups is 1. The van der Waals surface area contributed by atoms with Crippen LogP contribution in [0.2, 0.25) is 0 Å². The highest BCUT2D eigenvalue weighted by Gasteiger charge is 2.16. The van der Waals surface area contributed by atoms with Crippen molar-refractivity contribution in [3.05, 3.63) is 22.8 Å². The van der Waals surface area contributed by atoms with Crippen LogP contribution >= 0.6 is 11.8 Å². The van der Waals surface area contributed by atoms with Crippen molar-refractivity contribution in [3.8, 4) is 0 Å². The molecule has 4 heteroatoms. The Morgan fingerprint density at radius 1 is 1.38 bits per heavy atom. The van der Waals surface area contributed by atoms with Crippen molar-refractivity contribution in [2.75, 3.05) is 12.8 Å². The molecular formula is C12H19N3S. The molecule has 1 aliphatic heterocycles. The third kappa shape index (κ3) is 2.55. The number of nitrogens with zero attached hydrogens (tertiary/aromatic N) is 2. The molecule has 0 saturated carbocycles. The molecule has 0 spiro atoms. The van der Waals surface area contributed by atoms with Crippen LogP contribution in [0, 0.1) is 0 Å². The zero-order chi connectivity index (χ0) is 11.4. The van der Waals surface area contributed by atoms with Gasteiger partial charge in [0.15, 0.2) is 0 Å². The summed E-state index contributed by atoms with van der Waals surface area (Å²) < 4.78 is 0. The molecule has 0 radical (unpaired) electrons. The molecule has 16 heavy (non-hydrogen) atoms. The van der Waals surface area contributed by atoms with Crippen LogP contribution in [-0.4, -0.2) is 22.8 Å². The van der Waals surface area contributed by atoms with Gasteiger partial charge in [-0.1, -0.05) is 13.3 Å². The second-order valence-corrected chi connectivity index (χ2v) is 4.99. The van der Waals surface area contributed by atoms with Crippen LogP contribution in [0.1, 0.15) is 36.1 Å². The summed E-state index contributed by atoms with van der Waals surface area (Å²) in [4.78, 5) is 9.36. The van der Waals surface area contributed by atoms with Crippen molar-refractivity contribution in [2.24, 2.45) is 0 Å². The van der Waals surface area contributed by atoms with Gasteiger partial charge < -0.3 is 5.32 Å². The molecule has 1 aliphatic rings. The summed E-state index contributed by atoms with van der Waals surface area (Å²) in [6.45, 7) is 4.19. The van der Waals surface area contributed by atoms with E-state index in [-0.39, 0.29) is 0 Å². The van der Waals surface area contributed by atoms with E-state index < -0.39 is 0 Å². The van der Waals surface area contributed by atoms with E-state index in [0.717, 1.165) is 43.9 Å². The fourth-order valence-corrected chi connectivity index (χ4v) is 2.52. The third-order valence-corrected chi connectivity index (χ3v) is 3.38. The first-order valence-electron chi connectivity index (χ1n) is 5.92. The van der Waals surface area contributed by atoms with Crippen LogP contribution in [0.15, 0.2) is 0 Å². The van der Waals surface area contributed by atoms with E-state index >= 15 is 0 Å². The van der Waals surface area contributed by atoms with Crippen LogP contribution in [-0.2, 0) is 25.1 Å². The molecule has 88 valence electrons. The summed E-state index contributed by atoms with van der Waals surface area (Å²) in [5, 5.41) is 3.38. The fraction of sp³-hybridized carbons (Fsp3) is 0.667. The first-order chi connectivity index (χ1) is 7.85. The van der Waals surface area contributed by atoms with Crippen molar-refractivity contribution in [3.63, 3.8) is 0 Å². The van der Waals surface area contributed by atoms with E-state index in [1.165, 1.54) is 17.0 Å². The molecule has 2 heterocycles. The molecule has 1 N–H and O–H groups in total. The SMILES string of the molecule is CCCc1nc(CSC)nc2c1CCNC2. The van der Waals surface area contributed by atoms with Gasteiger partial charge in [-0.25, -0.2) is 9.97 Å². The van der Waals surface area contributed by atoms with Gasteiger partial charge in [-0.2, -0.15) is 11.8 Å². The maximum absolute atomic E-state index is 4.71. The molecule has 2 rings (SSSR count). The smallest absolute Gasteiger partial charge is 0.138 e. The van der Waals surface area contributed by atoms with Gasteiger partial charge >= 0.3 is 0 Å². The lowest BCUT2D eigenvalue weighted by molar-refractivity contribution is 0.608. The van der Waals surface area contributed by atoms with E-state index in [2.05, 4.69) is 23.5 Å². The minimum atomic E-state index is 0.913. The zero-order valence-electron chi connectivity index (χ0n) is 10.0. The van der Waals surface area contributed by atoms with Crippen LogP contribution in [0.3, 0.4) is 0 Å². The number of hydrogen-bond donors (Lipinski definition) is 1. The van der Waals surface area contributed by atoms with E-state index in [9.17, 15) is 0 Å². The first kappa shape index (κ1) is 11.9. The van der Waals surface area contributed by atoms with Gasteiger partial charge in [-0.3, -0.25) is 0 Å². The molecule has 1 aromatic rings. The third-order valence-electron chi connectivity index (χ3n) is 2.83. The van der Waals surface area contributed by atoms with Crippen molar-refractivity contribution < 1.29 is 0 Å². The molecule has 0 unspecified atom stereocenters. The molecule has 0 amide bonds. The van der Waals surface area contributed by atoms with Crippen molar-refractivity contribution in [1.29, 1.82) is 0 Å². The number of hydrogen-bond acceptors (Lipinski definition) is 4. The van der Waals surface area contributed by atoms with Crippen molar-refractivity contribution in [1.82, 2.24) is 15.3 Å². The second kappa shape index (κ2) is 5.64. The van der Waals surface area contributed by atoms with E-state index in [1.54, 1.807) is 11.8 Å². The Kier molecular flexibility index (Phi) is 4.18. The average Bonchev–Trinajstić information content (AvgIpc) is 2.30. The van der Waals surface area contributed by atoms with Crippen LogP contribution in [0.25, 0.3) is 0 Å². The molecule has 0 saturated heterocycles. The van der Waals surface area contributed by atoms with E-state index in [0.29, 0.717) is 0 Å². The molecule has 3 nitrogen and oxygen atoms in total. The minimum Gasteiger partial charge on any atom is -0.311 e. The van der Waals surface area contributed by atoms with Gasteiger partial charge in [0.1, 0.15) is 5.82 Å². The largest absolute Gasteiger partial charge is 0.311 e. The number of aromatic nitrogens is 2. The molecular weight excluding hydrogens is 218 g/mol. The predicted octanol–water partition coefficient (Wildman–Crippen LogP) is 1.94. The topological polar surface area (TPSA) is 37.8 Å². The van der Waals surface area contributed by atoms with Gasteiger partial charge in [0, 0.05) is 12.2 Å². The quantitative estimate of drug-likeness (QED) is 0.868. The zero-order valence-corrected chi connectivity index (χ0v) is 10.9. The van der Waals surface area contributed by atoms with Gasteiger partial charge in [0.05, 0.1) is 11.4 Å². The first-order valence-corrected chi connectivity index (χ1v) is 7.31. The molecule has 0 aliphatic carbocycles.